The molecule has 0 bridgehead atoms. The maximum Gasteiger partial charge on any atom is 0.146 e. The zero-order valence-corrected chi connectivity index (χ0v) is 10.7. The molecule has 0 heterocycles. The molecule has 2 nitrogen and oxygen atoms in total. The number of halogens is 2. The van der Waals surface area contributed by atoms with Crippen molar-refractivity contribution in [2.24, 2.45) is 0 Å². The molecule has 0 spiro atoms. The van der Waals surface area contributed by atoms with Crippen LogP contribution in [0.15, 0.2) is 18.2 Å². The van der Waals surface area contributed by atoms with E-state index >= 15 is 0 Å². The van der Waals surface area contributed by atoms with Crippen LogP contribution >= 0.6 is 11.6 Å². The Balaban J connectivity index is 2.39. The van der Waals surface area contributed by atoms with Gasteiger partial charge >= 0.3 is 0 Å². The molecule has 0 aliphatic carbocycles. The minimum absolute atomic E-state index is 0.0952. The molecule has 0 aromatic heterocycles. The van der Waals surface area contributed by atoms with E-state index in [2.05, 4.69) is 5.32 Å². The van der Waals surface area contributed by atoms with Crippen LogP contribution < -0.4 is 5.32 Å². The summed E-state index contributed by atoms with van der Waals surface area (Å²) in [4.78, 5) is 11.5. The standard InChI is InChI=1S/C13H17ClFNO/c1-2-8-16-9-11(17)7-6-10-4-3-5-12(14)13(10)15/h3-5,16H,2,6-9H2,1H3. The third kappa shape index (κ3) is 4.84. The van der Waals surface area contributed by atoms with E-state index in [1.165, 1.54) is 6.07 Å². The van der Waals surface area contributed by atoms with Crippen molar-refractivity contribution in [1.82, 2.24) is 5.32 Å². The molecule has 17 heavy (non-hydrogen) atoms. The Kier molecular flexibility index (Phi) is 6.16. The van der Waals surface area contributed by atoms with Crippen molar-refractivity contribution >= 4 is 17.4 Å². The summed E-state index contributed by atoms with van der Waals surface area (Å²) in [7, 11) is 0. The fraction of sp³-hybridized carbons (Fsp3) is 0.462. The van der Waals surface area contributed by atoms with Gasteiger partial charge in [-0.2, -0.15) is 0 Å². The van der Waals surface area contributed by atoms with Crippen LogP contribution in [0.4, 0.5) is 4.39 Å². The van der Waals surface area contributed by atoms with Crippen LogP contribution in [0.1, 0.15) is 25.3 Å². The molecule has 0 radical (unpaired) electrons. The minimum atomic E-state index is -0.413. The largest absolute Gasteiger partial charge is 0.310 e. The average molecular weight is 258 g/mol. The number of hydrogen-bond donors (Lipinski definition) is 1. The normalized spacial score (nSPS) is 10.5. The SMILES string of the molecule is CCCNCC(=O)CCc1cccc(Cl)c1F. The topological polar surface area (TPSA) is 29.1 Å². The lowest BCUT2D eigenvalue weighted by molar-refractivity contribution is -0.118. The van der Waals surface area contributed by atoms with Crippen molar-refractivity contribution in [2.75, 3.05) is 13.1 Å². The van der Waals surface area contributed by atoms with Gasteiger partial charge in [0.25, 0.3) is 0 Å². The van der Waals surface area contributed by atoms with Gasteiger partial charge in [0, 0.05) is 6.42 Å². The summed E-state index contributed by atoms with van der Waals surface area (Å²) in [5.41, 5.74) is 0.501. The van der Waals surface area contributed by atoms with E-state index in [-0.39, 0.29) is 10.8 Å². The molecule has 0 atom stereocenters. The monoisotopic (exact) mass is 257 g/mol. The molecule has 1 rings (SSSR count). The third-order valence-corrected chi connectivity index (χ3v) is 2.75. The van der Waals surface area contributed by atoms with E-state index in [4.69, 9.17) is 11.6 Å². The molecule has 94 valence electrons. The number of nitrogens with one attached hydrogen (secondary N) is 1. The summed E-state index contributed by atoms with van der Waals surface area (Å²) in [5, 5.41) is 3.14. The first-order valence-corrected chi connectivity index (χ1v) is 6.18. The lowest BCUT2D eigenvalue weighted by atomic mass is 10.1. The van der Waals surface area contributed by atoms with Crippen LogP contribution in [0.25, 0.3) is 0 Å². The molecule has 4 heteroatoms. The van der Waals surface area contributed by atoms with Gasteiger partial charge < -0.3 is 5.32 Å². The average Bonchev–Trinajstić information content (AvgIpc) is 2.31. The molecular formula is C13H17ClFNO. The van der Waals surface area contributed by atoms with Gasteiger partial charge in [-0.15, -0.1) is 0 Å². The molecule has 0 aliphatic heterocycles. The Morgan fingerprint density at radius 3 is 2.94 bits per heavy atom. The zero-order valence-electron chi connectivity index (χ0n) is 9.93. The predicted molar refractivity (Wildman–Crippen MR) is 67.9 cm³/mol. The Bertz CT molecular complexity index is 382. The molecular weight excluding hydrogens is 241 g/mol. The van der Waals surface area contributed by atoms with Gasteiger partial charge in [-0.3, -0.25) is 4.79 Å². The van der Waals surface area contributed by atoms with E-state index in [1.807, 2.05) is 6.92 Å². The second-order valence-corrected chi connectivity index (χ2v) is 4.34. The smallest absolute Gasteiger partial charge is 0.146 e. The van der Waals surface area contributed by atoms with E-state index in [9.17, 15) is 9.18 Å². The molecule has 0 saturated carbocycles. The van der Waals surface area contributed by atoms with Gasteiger partial charge in [-0.25, -0.2) is 4.39 Å². The summed E-state index contributed by atoms with van der Waals surface area (Å²) < 4.78 is 13.5. The third-order valence-electron chi connectivity index (χ3n) is 2.45. The predicted octanol–water partition coefficient (Wildman–Crippen LogP) is 2.98. The molecule has 1 aromatic rings. The van der Waals surface area contributed by atoms with Crippen LogP contribution in [0.5, 0.6) is 0 Å². The highest BCUT2D eigenvalue weighted by atomic mass is 35.5. The second-order valence-electron chi connectivity index (χ2n) is 3.93. The number of ketones is 1. The summed E-state index contributed by atoms with van der Waals surface area (Å²) in [6.45, 7) is 3.23. The maximum atomic E-state index is 13.5. The molecule has 0 unspecified atom stereocenters. The highest BCUT2D eigenvalue weighted by Gasteiger charge is 2.08. The lowest BCUT2D eigenvalue weighted by Gasteiger charge is -2.05. The highest BCUT2D eigenvalue weighted by Crippen LogP contribution is 2.18. The Hall–Kier alpha value is -0.930. The molecule has 1 aromatic carbocycles. The first kappa shape index (κ1) is 14.1. The highest BCUT2D eigenvalue weighted by molar-refractivity contribution is 6.30. The fourth-order valence-corrected chi connectivity index (χ4v) is 1.70. The van der Waals surface area contributed by atoms with E-state index in [0.717, 1.165) is 13.0 Å². The quantitative estimate of drug-likeness (QED) is 0.761. The van der Waals surface area contributed by atoms with E-state index in [0.29, 0.717) is 24.9 Å². The van der Waals surface area contributed by atoms with Crippen LogP contribution in [0.3, 0.4) is 0 Å². The van der Waals surface area contributed by atoms with Gasteiger partial charge in [0.15, 0.2) is 0 Å². The molecule has 0 amide bonds. The maximum absolute atomic E-state index is 13.5. The summed E-state index contributed by atoms with van der Waals surface area (Å²) in [5.74, 6) is -0.318. The first-order valence-electron chi connectivity index (χ1n) is 5.80. The van der Waals surface area contributed by atoms with Crippen molar-refractivity contribution < 1.29 is 9.18 Å². The van der Waals surface area contributed by atoms with Crippen molar-refractivity contribution in [2.45, 2.75) is 26.2 Å². The number of carbonyl (C=O) groups is 1. The van der Waals surface area contributed by atoms with Crippen molar-refractivity contribution in [3.05, 3.63) is 34.6 Å². The molecule has 1 N–H and O–H groups in total. The Morgan fingerprint density at radius 1 is 1.47 bits per heavy atom. The Labute approximate surface area is 106 Å². The summed E-state index contributed by atoms with van der Waals surface area (Å²) >= 11 is 5.66. The molecule has 0 saturated heterocycles. The lowest BCUT2D eigenvalue weighted by Crippen LogP contribution is -2.23. The van der Waals surface area contributed by atoms with Crippen molar-refractivity contribution in [1.29, 1.82) is 0 Å². The van der Waals surface area contributed by atoms with Crippen molar-refractivity contribution in [3.8, 4) is 0 Å². The number of benzene rings is 1. The number of carbonyl (C=O) groups excluding carboxylic acids is 1. The molecule has 0 fully saturated rings. The second kappa shape index (κ2) is 7.41. The summed E-state index contributed by atoms with van der Waals surface area (Å²) in [6, 6.07) is 4.86. The number of hydrogen-bond acceptors (Lipinski definition) is 2. The Morgan fingerprint density at radius 2 is 2.24 bits per heavy atom. The first-order chi connectivity index (χ1) is 8.15. The van der Waals surface area contributed by atoms with Gasteiger partial charge in [-0.05, 0) is 31.0 Å². The van der Waals surface area contributed by atoms with E-state index in [1.54, 1.807) is 12.1 Å². The number of aryl methyl sites for hydroxylation is 1. The van der Waals surface area contributed by atoms with E-state index < -0.39 is 5.82 Å². The summed E-state index contributed by atoms with van der Waals surface area (Å²) in [6.07, 6.45) is 1.74. The van der Waals surface area contributed by atoms with Gasteiger partial charge in [0.05, 0.1) is 11.6 Å². The van der Waals surface area contributed by atoms with Crippen LogP contribution in [-0.2, 0) is 11.2 Å². The number of Topliss-reactive ketones (excluding diaryl/α,β-unsaturated/α-hetero) is 1. The molecule has 0 aliphatic rings. The van der Waals surface area contributed by atoms with Crippen molar-refractivity contribution in [3.63, 3.8) is 0 Å². The van der Waals surface area contributed by atoms with Crippen LogP contribution in [-0.4, -0.2) is 18.9 Å². The minimum Gasteiger partial charge on any atom is -0.310 e. The van der Waals surface area contributed by atoms with Gasteiger partial charge in [0.2, 0.25) is 0 Å². The van der Waals surface area contributed by atoms with Gasteiger partial charge in [0.1, 0.15) is 11.6 Å². The fourth-order valence-electron chi connectivity index (χ4n) is 1.51. The van der Waals surface area contributed by atoms with Crippen LogP contribution in [0.2, 0.25) is 5.02 Å². The number of rotatable bonds is 7. The zero-order chi connectivity index (χ0) is 12.7. The van der Waals surface area contributed by atoms with Gasteiger partial charge in [-0.1, -0.05) is 30.7 Å². The van der Waals surface area contributed by atoms with Crippen LogP contribution in [0, 0.1) is 5.82 Å².